The Hall–Kier alpha value is -1.07. The summed E-state index contributed by atoms with van der Waals surface area (Å²) in [6.45, 7) is 1.74. The summed E-state index contributed by atoms with van der Waals surface area (Å²) < 4.78 is 27.6. The molecule has 0 amide bonds. The predicted octanol–water partition coefficient (Wildman–Crippen LogP) is 0.850. The fourth-order valence-electron chi connectivity index (χ4n) is 1.01. The minimum Gasteiger partial charge on any atom is -0.491 e. The van der Waals surface area contributed by atoms with Crippen molar-refractivity contribution < 1.29 is 18.3 Å². The van der Waals surface area contributed by atoms with E-state index in [1.807, 2.05) is 0 Å². The Balaban J connectivity index is 2.84. The van der Waals surface area contributed by atoms with E-state index in [0.717, 1.165) is 6.26 Å². The third-order valence-corrected chi connectivity index (χ3v) is 2.84. The number of hydrogen-bond acceptors (Lipinski definition) is 4. The van der Waals surface area contributed by atoms with Crippen LogP contribution in [0.5, 0.6) is 5.75 Å². The topological polar surface area (TPSA) is 63.6 Å². The maximum Gasteiger partial charge on any atom is 0.175 e. The van der Waals surface area contributed by atoms with Crippen molar-refractivity contribution in [2.24, 2.45) is 0 Å². The van der Waals surface area contributed by atoms with Gasteiger partial charge in [-0.2, -0.15) is 0 Å². The molecule has 5 heteroatoms. The minimum atomic E-state index is -3.21. The Labute approximate surface area is 89.4 Å². The molecule has 4 nitrogen and oxygen atoms in total. The summed E-state index contributed by atoms with van der Waals surface area (Å²) in [6, 6.07) is 6.20. The average molecular weight is 230 g/mol. The quantitative estimate of drug-likeness (QED) is 0.833. The molecule has 0 aliphatic rings. The van der Waals surface area contributed by atoms with Gasteiger partial charge in [0.1, 0.15) is 12.4 Å². The smallest absolute Gasteiger partial charge is 0.175 e. The molecule has 0 aliphatic heterocycles. The van der Waals surface area contributed by atoms with Gasteiger partial charge in [0.15, 0.2) is 9.84 Å². The zero-order chi connectivity index (χ0) is 11.5. The van der Waals surface area contributed by atoms with Gasteiger partial charge in [0.2, 0.25) is 0 Å². The summed E-state index contributed by atoms with van der Waals surface area (Å²) in [7, 11) is -3.21. The summed E-state index contributed by atoms with van der Waals surface area (Å²) >= 11 is 0. The van der Waals surface area contributed by atoms with Crippen molar-refractivity contribution >= 4 is 9.84 Å². The maximum absolute atomic E-state index is 11.2. The second kappa shape index (κ2) is 4.63. The second-order valence-electron chi connectivity index (χ2n) is 3.41. The standard InChI is InChI=1S/C10H14O4S/c1-8(11)7-14-9-4-3-5-10(6-9)15(2,12)13/h3-6,8,11H,7H2,1-2H3. The molecular formula is C10H14O4S. The monoisotopic (exact) mass is 230 g/mol. The fourth-order valence-corrected chi connectivity index (χ4v) is 1.67. The van der Waals surface area contributed by atoms with Crippen LogP contribution in [0.2, 0.25) is 0 Å². The molecule has 1 N–H and O–H groups in total. The Kier molecular flexibility index (Phi) is 3.71. The summed E-state index contributed by atoms with van der Waals surface area (Å²) in [4.78, 5) is 0.214. The van der Waals surface area contributed by atoms with Crippen molar-refractivity contribution in [3.05, 3.63) is 24.3 Å². The molecule has 1 atom stereocenters. The number of ether oxygens (including phenoxy) is 1. The second-order valence-corrected chi connectivity index (χ2v) is 5.42. The lowest BCUT2D eigenvalue weighted by molar-refractivity contribution is 0.122. The Morgan fingerprint density at radius 2 is 2.13 bits per heavy atom. The maximum atomic E-state index is 11.2. The molecule has 0 aliphatic carbocycles. The summed E-state index contributed by atoms with van der Waals surface area (Å²) in [5.74, 6) is 0.443. The molecular weight excluding hydrogens is 216 g/mol. The predicted molar refractivity (Wildman–Crippen MR) is 56.7 cm³/mol. The van der Waals surface area contributed by atoms with Crippen LogP contribution in [0.1, 0.15) is 6.92 Å². The highest BCUT2D eigenvalue weighted by molar-refractivity contribution is 7.90. The Bertz CT molecular complexity index is 423. The largest absolute Gasteiger partial charge is 0.491 e. The number of benzene rings is 1. The van der Waals surface area contributed by atoms with Gasteiger partial charge in [0.05, 0.1) is 11.0 Å². The molecule has 1 rings (SSSR count). The van der Waals surface area contributed by atoms with Crippen LogP contribution in [0.4, 0.5) is 0 Å². The van der Waals surface area contributed by atoms with Crippen LogP contribution in [0.25, 0.3) is 0 Å². The van der Waals surface area contributed by atoms with Crippen LogP contribution in [-0.4, -0.2) is 32.5 Å². The van der Waals surface area contributed by atoms with E-state index in [2.05, 4.69) is 0 Å². The summed E-state index contributed by atoms with van der Waals surface area (Å²) in [5.41, 5.74) is 0. The lowest BCUT2D eigenvalue weighted by atomic mass is 10.3. The third kappa shape index (κ3) is 3.89. The van der Waals surface area contributed by atoms with Crippen LogP contribution >= 0.6 is 0 Å². The lowest BCUT2D eigenvalue weighted by Crippen LogP contribution is -2.12. The molecule has 0 bridgehead atoms. The molecule has 0 aromatic heterocycles. The number of hydrogen-bond donors (Lipinski definition) is 1. The average Bonchev–Trinajstić information content (AvgIpc) is 2.14. The summed E-state index contributed by atoms with van der Waals surface area (Å²) in [5, 5.41) is 9.00. The number of aliphatic hydroxyl groups is 1. The lowest BCUT2D eigenvalue weighted by Gasteiger charge is -2.08. The zero-order valence-electron chi connectivity index (χ0n) is 8.67. The van der Waals surface area contributed by atoms with E-state index in [1.165, 1.54) is 12.1 Å². The van der Waals surface area contributed by atoms with Crippen molar-refractivity contribution in [3.63, 3.8) is 0 Å². The first-order chi connectivity index (χ1) is 6.89. The van der Waals surface area contributed by atoms with Crippen LogP contribution in [0, 0.1) is 0 Å². The van der Waals surface area contributed by atoms with E-state index in [9.17, 15) is 8.42 Å². The van der Waals surface area contributed by atoms with Crippen molar-refractivity contribution in [1.29, 1.82) is 0 Å². The van der Waals surface area contributed by atoms with Crippen molar-refractivity contribution in [2.75, 3.05) is 12.9 Å². The molecule has 0 radical (unpaired) electrons. The van der Waals surface area contributed by atoms with Gasteiger partial charge in [-0.05, 0) is 25.1 Å². The first-order valence-corrected chi connectivity index (χ1v) is 6.40. The van der Waals surface area contributed by atoms with E-state index < -0.39 is 15.9 Å². The molecule has 0 heterocycles. The van der Waals surface area contributed by atoms with E-state index >= 15 is 0 Å². The van der Waals surface area contributed by atoms with Gasteiger partial charge >= 0.3 is 0 Å². The van der Waals surface area contributed by atoms with E-state index in [1.54, 1.807) is 19.1 Å². The zero-order valence-corrected chi connectivity index (χ0v) is 9.49. The van der Waals surface area contributed by atoms with Gasteiger partial charge < -0.3 is 9.84 Å². The first kappa shape index (κ1) is 12.0. The molecule has 1 aromatic carbocycles. The van der Waals surface area contributed by atoms with Gasteiger partial charge in [-0.25, -0.2) is 8.42 Å². The van der Waals surface area contributed by atoms with E-state index in [-0.39, 0.29) is 11.5 Å². The van der Waals surface area contributed by atoms with E-state index in [4.69, 9.17) is 9.84 Å². The molecule has 1 unspecified atom stereocenters. The van der Waals surface area contributed by atoms with E-state index in [0.29, 0.717) is 5.75 Å². The highest BCUT2D eigenvalue weighted by Gasteiger charge is 2.08. The van der Waals surface area contributed by atoms with Gasteiger partial charge in [0.25, 0.3) is 0 Å². The number of sulfone groups is 1. The van der Waals surface area contributed by atoms with Gasteiger partial charge in [-0.1, -0.05) is 6.07 Å². The fraction of sp³-hybridized carbons (Fsp3) is 0.400. The molecule has 1 aromatic rings. The van der Waals surface area contributed by atoms with Crippen molar-refractivity contribution in [1.82, 2.24) is 0 Å². The first-order valence-electron chi connectivity index (χ1n) is 4.50. The van der Waals surface area contributed by atoms with Crippen molar-refractivity contribution in [3.8, 4) is 5.75 Å². The SMILES string of the molecule is CC(O)COc1cccc(S(C)(=O)=O)c1. The number of rotatable bonds is 4. The third-order valence-electron chi connectivity index (χ3n) is 1.72. The minimum absolute atomic E-state index is 0.146. The normalized spacial score (nSPS) is 13.5. The van der Waals surface area contributed by atoms with Gasteiger partial charge in [0, 0.05) is 6.26 Å². The van der Waals surface area contributed by atoms with Crippen molar-refractivity contribution in [2.45, 2.75) is 17.9 Å². The molecule has 0 saturated carbocycles. The molecule has 84 valence electrons. The van der Waals surface area contributed by atoms with Crippen LogP contribution in [0.15, 0.2) is 29.2 Å². The van der Waals surface area contributed by atoms with Gasteiger partial charge in [-0.3, -0.25) is 0 Å². The molecule has 15 heavy (non-hydrogen) atoms. The van der Waals surface area contributed by atoms with Crippen LogP contribution in [-0.2, 0) is 9.84 Å². The van der Waals surface area contributed by atoms with Crippen LogP contribution < -0.4 is 4.74 Å². The molecule has 0 saturated heterocycles. The molecule has 0 spiro atoms. The van der Waals surface area contributed by atoms with Crippen LogP contribution in [0.3, 0.4) is 0 Å². The Morgan fingerprint density at radius 3 is 2.67 bits per heavy atom. The Morgan fingerprint density at radius 1 is 1.47 bits per heavy atom. The number of aliphatic hydroxyl groups excluding tert-OH is 1. The molecule has 0 fully saturated rings. The highest BCUT2D eigenvalue weighted by atomic mass is 32.2. The van der Waals surface area contributed by atoms with Gasteiger partial charge in [-0.15, -0.1) is 0 Å². The highest BCUT2D eigenvalue weighted by Crippen LogP contribution is 2.17. The summed E-state index contributed by atoms with van der Waals surface area (Å²) in [6.07, 6.45) is 0.563.